The summed E-state index contributed by atoms with van der Waals surface area (Å²) in [6.45, 7) is 0.512. The normalized spacial score (nSPS) is 12.4. The lowest BCUT2D eigenvalue weighted by atomic mass is 10.1. The lowest BCUT2D eigenvalue weighted by Crippen LogP contribution is -2.29. The molecule has 1 unspecified atom stereocenters. The summed E-state index contributed by atoms with van der Waals surface area (Å²) >= 11 is 2.69. The van der Waals surface area contributed by atoms with E-state index >= 15 is 0 Å². The molecule has 0 saturated carbocycles. The summed E-state index contributed by atoms with van der Waals surface area (Å²) in [5, 5.41) is 15.7. The van der Waals surface area contributed by atoms with E-state index in [-0.39, 0.29) is 25.2 Å². The number of carbonyl (C=O) groups excluding carboxylic acids is 1. The van der Waals surface area contributed by atoms with E-state index in [4.69, 9.17) is 9.84 Å². The van der Waals surface area contributed by atoms with Gasteiger partial charge in [0.25, 0.3) is 5.91 Å². The lowest BCUT2D eigenvalue weighted by molar-refractivity contribution is 0.0279. The van der Waals surface area contributed by atoms with Crippen LogP contribution in [0.2, 0.25) is 0 Å². The summed E-state index contributed by atoms with van der Waals surface area (Å²) in [6, 6.07) is 7.19. The number of hydrogen-bond donors (Lipinski definition) is 2. The number of hydrogen-bond acceptors (Lipinski definition) is 7. The van der Waals surface area contributed by atoms with Crippen molar-refractivity contribution in [1.82, 2.24) is 14.1 Å². The van der Waals surface area contributed by atoms with E-state index in [1.165, 1.54) is 0 Å². The van der Waals surface area contributed by atoms with Crippen LogP contribution in [-0.4, -0.2) is 39.5 Å². The second kappa shape index (κ2) is 7.60. The molecule has 0 aliphatic rings. The summed E-state index contributed by atoms with van der Waals surface area (Å²) in [5.74, 6) is -0.187. The van der Waals surface area contributed by atoms with Gasteiger partial charge < -0.3 is 15.2 Å². The molecule has 0 aliphatic heterocycles. The van der Waals surface area contributed by atoms with Crippen LogP contribution in [0.5, 0.6) is 0 Å². The first-order valence-corrected chi connectivity index (χ1v) is 8.70. The summed E-state index contributed by atoms with van der Waals surface area (Å²) < 4.78 is 13.9. The number of fused-ring (bicyclic) bond motifs is 1. The summed E-state index contributed by atoms with van der Waals surface area (Å²) in [4.78, 5) is 12.3. The van der Waals surface area contributed by atoms with Gasteiger partial charge in [-0.1, -0.05) is 0 Å². The molecule has 1 atom stereocenters. The largest absolute Gasteiger partial charge is 0.394 e. The van der Waals surface area contributed by atoms with Gasteiger partial charge in [0.15, 0.2) is 0 Å². The molecule has 2 N–H and O–H groups in total. The van der Waals surface area contributed by atoms with Crippen molar-refractivity contribution in [3.63, 3.8) is 0 Å². The monoisotopic (exact) mass is 349 g/mol. The summed E-state index contributed by atoms with van der Waals surface area (Å²) in [7, 11) is 0. The fourth-order valence-electron chi connectivity index (χ4n) is 2.14. The molecule has 0 spiro atoms. The van der Waals surface area contributed by atoms with Gasteiger partial charge in [-0.2, -0.15) is 20.1 Å². The highest BCUT2D eigenvalue weighted by Gasteiger charge is 2.15. The number of aromatic nitrogens is 2. The molecule has 3 aromatic rings. The Labute approximate surface area is 141 Å². The fraction of sp³-hybridized carbons (Fsp3) is 0.267. The molecule has 1 amide bonds. The van der Waals surface area contributed by atoms with Crippen molar-refractivity contribution in [2.45, 2.75) is 6.10 Å². The van der Waals surface area contributed by atoms with Crippen LogP contribution in [0.25, 0.3) is 11.0 Å². The van der Waals surface area contributed by atoms with Gasteiger partial charge in [0, 0.05) is 12.1 Å². The Hall–Kier alpha value is -1.87. The van der Waals surface area contributed by atoms with Crippen LogP contribution in [0.4, 0.5) is 0 Å². The van der Waals surface area contributed by atoms with Crippen LogP contribution in [0.1, 0.15) is 22.0 Å². The van der Waals surface area contributed by atoms with Gasteiger partial charge in [-0.15, -0.1) is 0 Å². The number of aliphatic hydroxyl groups is 1. The Morgan fingerprint density at radius 1 is 1.30 bits per heavy atom. The Morgan fingerprint density at radius 3 is 2.96 bits per heavy atom. The Balaban J connectivity index is 1.65. The van der Waals surface area contributed by atoms with Gasteiger partial charge in [-0.05, 0) is 40.6 Å². The lowest BCUT2D eigenvalue weighted by Gasteiger charge is -2.17. The predicted molar refractivity (Wildman–Crippen MR) is 89.8 cm³/mol. The van der Waals surface area contributed by atoms with Crippen LogP contribution in [0.3, 0.4) is 0 Å². The van der Waals surface area contributed by atoms with E-state index in [0.717, 1.165) is 22.8 Å². The van der Waals surface area contributed by atoms with Gasteiger partial charge in [-0.3, -0.25) is 4.79 Å². The molecule has 0 bridgehead atoms. The zero-order valence-electron chi connectivity index (χ0n) is 12.1. The smallest absolute Gasteiger partial charge is 0.251 e. The number of ether oxygens (including phenoxy) is 1. The van der Waals surface area contributed by atoms with E-state index in [1.807, 2.05) is 16.8 Å². The van der Waals surface area contributed by atoms with Crippen LogP contribution >= 0.6 is 23.1 Å². The number of aliphatic hydroxyl groups excluding tert-OH is 1. The van der Waals surface area contributed by atoms with Gasteiger partial charge in [0.2, 0.25) is 0 Å². The van der Waals surface area contributed by atoms with Crippen molar-refractivity contribution < 1.29 is 14.6 Å². The molecule has 0 aliphatic carbocycles. The van der Waals surface area contributed by atoms with Crippen LogP contribution < -0.4 is 5.32 Å². The Kier molecular flexibility index (Phi) is 5.29. The highest BCUT2D eigenvalue weighted by Crippen LogP contribution is 2.20. The third kappa shape index (κ3) is 3.91. The third-order valence-corrected chi connectivity index (χ3v) is 4.55. The van der Waals surface area contributed by atoms with E-state index in [0.29, 0.717) is 17.6 Å². The molecule has 2 aromatic heterocycles. The van der Waals surface area contributed by atoms with E-state index < -0.39 is 0 Å². The maximum atomic E-state index is 12.3. The minimum absolute atomic E-state index is 0.0535. The van der Waals surface area contributed by atoms with Crippen LogP contribution in [0.15, 0.2) is 35.0 Å². The minimum atomic E-state index is -0.276. The quantitative estimate of drug-likeness (QED) is 0.683. The van der Waals surface area contributed by atoms with Crippen molar-refractivity contribution in [2.75, 3.05) is 19.8 Å². The van der Waals surface area contributed by atoms with E-state index in [1.54, 1.807) is 29.5 Å². The first-order chi connectivity index (χ1) is 11.3. The highest BCUT2D eigenvalue weighted by molar-refractivity contribution is 7.08. The van der Waals surface area contributed by atoms with Crippen molar-refractivity contribution in [1.29, 1.82) is 0 Å². The molecule has 8 heteroatoms. The maximum absolute atomic E-state index is 12.3. The van der Waals surface area contributed by atoms with Crippen molar-refractivity contribution in [3.8, 4) is 0 Å². The second-order valence-corrected chi connectivity index (χ2v) is 6.13. The van der Waals surface area contributed by atoms with E-state index in [2.05, 4.69) is 14.1 Å². The molecule has 0 radical (unpaired) electrons. The standard InChI is InChI=1S/C15H15N3O3S2/c19-4-5-21-14(11-3-6-22-9-11)8-16-15(20)10-1-2-12-13(7-10)18-23-17-12/h1-3,6-7,9,14,19H,4-5,8H2,(H,16,20). The second-order valence-electron chi connectivity index (χ2n) is 4.82. The molecular weight excluding hydrogens is 334 g/mol. The number of nitrogens with one attached hydrogen (secondary N) is 1. The zero-order valence-corrected chi connectivity index (χ0v) is 13.8. The van der Waals surface area contributed by atoms with Crippen molar-refractivity contribution >= 4 is 40.0 Å². The zero-order chi connectivity index (χ0) is 16.1. The number of thiophene rings is 1. The molecule has 1 aromatic carbocycles. The topological polar surface area (TPSA) is 84.3 Å². The average molecular weight is 349 g/mol. The van der Waals surface area contributed by atoms with E-state index in [9.17, 15) is 4.79 Å². The third-order valence-electron chi connectivity index (χ3n) is 3.29. The van der Waals surface area contributed by atoms with Crippen LogP contribution in [0, 0.1) is 0 Å². The fourth-order valence-corrected chi connectivity index (χ4v) is 3.36. The molecule has 2 heterocycles. The predicted octanol–water partition coefficient (Wildman–Crippen LogP) is 2.23. The molecule has 23 heavy (non-hydrogen) atoms. The number of amides is 1. The molecule has 3 rings (SSSR count). The van der Waals surface area contributed by atoms with Gasteiger partial charge in [0.1, 0.15) is 17.1 Å². The van der Waals surface area contributed by atoms with Crippen molar-refractivity contribution in [2.24, 2.45) is 0 Å². The molecule has 120 valence electrons. The van der Waals surface area contributed by atoms with Gasteiger partial charge in [-0.25, -0.2) is 0 Å². The minimum Gasteiger partial charge on any atom is -0.394 e. The number of nitrogens with zero attached hydrogens (tertiary/aromatic N) is 2. The average Bonchev–Trinajstić information content (AvgIpc) is 3.25. The number of benzene rings is 1. The first kappa shape index (κ1) is 16.0. The Morgan fingerprint density at radius 2 is 2.17 bits per heavy atom. The maximum Gasteiger partial charge on any atom is 0.251 e. The number of rotatable bonds is 7. The molecule has 0 saturated heterocycles. The van der Waals surface area contributed by atoms with Gasteiger partial charge >= 0.3 is 0 Å². The van der Waals surface area contributed by atoms with Crippen LogP contribution in [-0.2, 0) is 4.74 Å². The number of carbonyl (C=O) groups is 1. The van der Waals surface area contributed by atoms with Gasteiger partial charge in [0.05, 0.1) is 24.9 Å². The Bertz CT molecular complexity index is 773. The molecule has 6 nitrogen and oxygen atoms in total. The van der Waals surface area contributed by atoms with Crippen molar-refractivity contribution in [3.05, 3.63) is 46.2 Å². The highest BCUT2D eigenvalue weighted by atomic mass is 32.1. The SMILES string of the molecule is O=C(NCC(OCCO)c1ccsc1)c1ccc2nsnc2c1. The summed E-state index contributed by atoms with van der Waals surface area (Å²) in [6.07, 6.45) is -0.276. The first-order valence-electron chi connectivity index (χ1n) is 7.03. The molecular formula is C15H15N3O3S2. The summed E-state index contributed by atoms with van der Waals surface area (Å²) in [5.41, 5.74) is 3.03. The molecule has 0 fully saturated rings.